The molecule has 0 aliphatic rings. The van der Waals surface area contributed by atoms with E-state index in [2.05, 4.69) is 29.1 Å². The minimum Gasteiger partial charge on any atom is -0.380 e. The number of rotatable bonds is 7. The number of nitrogens with one attached hydrogen (secondary N) is 1. The van der Waals surface area contributed by atoms with Gasteiger partial charge >= 0.3 is 0 Å². The smallest absolute Gasteiger partial charge is 0.223 e. The van der Waals surface area contributed by atoms with Crippen LogP contribution in [0, 0.1) is 5.92 Å². The molecule has 0 bridgehead atoms. The molecular weight excluding hydrogens is 260 g/mol. The largest absolute Gasteiger partial charge is 0.380 e. The van der Waals surface area contributed by atoms with Crippen LogP contribution in [0.5, 0.6) is 0 Å². The lowest BCUT2D eigenvalue weighted by Gasteiger charge is -2.09. The molecule has 2 aromatic heterocycles. The molecule has 104 valence electrons. The second kappa shape index (κ2) is 6.68. The molecule has 0 unspecified atom stereocenters. The summed E-state index contributed by atoms with van der Waals surface area (Å²) in [6, 6.07) is 2.00. The highest BCUT2D eigenvalue weighted by Crippen LogP contribution is 2.25. The number of nitrogen functional groups attached to an aromatic ring is 1. The highest BCUT2D eigenvalue weighted by molar-refractivity contribution is 7.16. The zero-order valence-electron chi connectivity index (χ0n) is 11.3. The molecule has 0 amide bonds. The first-order valence-electron chi connectivity index (χ1n) is 6.49. The predicted molar refractivity (Wildman–Crippen MR) is 80.6 cm³/mol. The van der Waals surface area contributed by atoms with E-state index < -0.39 is 0 Å². The van der Waals surface area contributed by atoms with E-state index in [0.717, 1.165) is 35.6 Å². The fourth-order valence-corrected chi connectivity index (χ4v) is 2.44. The van der Waals surface area contributed by atoms with E-state index in [1.807, 2.05) is 11.4 Å². The van der Waals surface area contributed by atoms with Gasteiger partial charge in [0.05, 0.1) is 12.0 Å². The van der Waals surface area contributed by atoms with Crippen LogP contribution in [0.2, 0.25) is 0 Å². The van der Waals surface area contributed by atoms with Gasteiger partial charge in [0.1, 0.15) is 10.6 Å². The van der Waals surface area contributed by atoms with Gasteiger partial charge in [-0.25, -0.2) is 4.98 Å². The molecule has 0 saturated heterocycles. The molecule has 5 nitrogen and oxygen atoms in total. The third-order valence-electron chi connectivity index (χ3n) is 2.72. The van der Waals surface area contributed by atoms with Gasteiger partial charge in [0.2, 0.25) is 5.95 Å². The third kappa shape index (κ3) is 4.04. The van der Waals surface area contributed by atoms with Crippen LogP contribution in [0.25, 0.3) is 10.2 Å². The summed E-state index contributed by atoms with van der Waals surface area (Å²) in [6.07, 6.45) is 1.09. The Morgan fingerprint density at radius 3 is 3.00 bits per heavy atom. The van der Waals surface area contributed by atoms with Crippen LogP contribution in [-0.2, 0) is 4.74 Å². The zero-order valence-corrected chi connectivity index (χ0v) is 12.2. The molecule has 2 heterocycles. The Hall–Kier alpha value is -1.40. The van der Waals surface area contributed by atoms with Gasteiger partial charge in [0.25, 0.3) is 0 Å². The number of hydrogen-bond acceptors (Lipinski definition) is 6. The van der Waals surface area contributed by atoms with Crippen molar-refractivity contribution in [1.29, 1.82) is 0 Å². The summed E-state index contributed by atoms with van der Waals surface area (Å²) in [4.78, 5) is 9.33. The van der Waals surface area contributed by atoms with E-state index in [4.69, 9.17) is 10.5 Å². The van der Waals surface area contributed by atoms with E-state index in [9.17, 15) is 0 Å². The second-order valence-electron chi connectivity index (χ2n) is 4.79. The van der Waals surface area contributed by atoms with Crippen molar-refractivity contribution < 1.29 is 4.74 Å². The van der Waals surface area contributed by atoms with Gasteiger partial charge < -0.3 is 15.8 Å². The number of hydrogen-bond donors (Lipinski definition) is 2. The van der Waals surface area contributed by atoms with E-state index in [1.165, 1.54) is 0 Å². The standard InChI is InChI=1S/C13H20N4OS/c1-9(2)3-6-18-7-5-15-11-10-4-8-19-12(10)17-13(14)16-11/h4,8-9H,3,5-7H2,1-2H3,(H3,14,15,16,17). The number of thiophene rings is 1. The lowest BCUT2D eigenvalue weighted by atomic mass is 10.1. The summed E-state index contributed by atoms with van der Waals surface area (Å²) in [5.74, 6) is 1.77. The normalized spacial score (nSPS) is 11.3. The van der Waals surface area contributed by atoms with Crippen LogP contribution in [0.1, 0.15) is 20.3 Å². The zero-order chi connectivity index (χ0) is 13.7. The lowest BCUT2D eigenvalue weighted by Crippen LogP contribution is -2.12. The van der Waals surface area contributed by atoms with E-state index in [1.54, 1.807) is 11.3 Å². The monoisotopic (exact) mass is 280 g/mol. The molecule has 0 atom stereocenters. The Morgan fingerprint density at radius 1 is 1.37 bits per heavy atom. The fraction of sp³-hybridized carbons (Fsp3) is 0.538. The van der Waals surface area contributed by atoms with E-state index >= 15 is 0 Å². The quantitative estimate of drug-likeness (QED) is 0.763. The number of nitrogens with zero attached hydrogens (tertiary/aromatic N) is 2. The molecule has 0 aromatic carbocycles. The maximum Gasteiger partial charge on any atom is 0.223 e. The van der Waals surface area contributed by atoms with Gasteiger partial charge in [-0.1, -0.05) is 13.8 Å². The summed E-state index contributed by atoms with van der Waals surface area (Å²) in [5, 5.41) is 6.26. The lowest BCUT2D eigenvalue weighted by molar-refractivity contribution is 0.132. The van der Waals surface area contributed by atoms with Gasteiger partial charge in [0.15, 0.2) is 0 Å². The summed E-state index contributed by atoms with van der Waals surface area (Å²) >= 11 is 1.56. The highest BCUT2D eigenvalue weighted by atomic mass is 32.1. The molecule has 2 aromatic rings. The molecule has 0 radical (unpaired) electrons. The third-order valence-corrected chi connectivity index (χ3v) is 3.53. The summed E-state index contributed by atoms with van der Waals surface area (Å²) in [7, 11) is 0. The second-order valence-corrected chi connectivity index (χ2v) is 5.69. The SMILES string of the molecule is CC(C)CCOCCNc1nc(N)nc2sccc12. The molecule has 0 saturated carbocycles. The Morgan fingerprint density at radius 2 is 2.21 bits per heavy atom. The average Bonchev–Trinajstić information content (AvgIpc) is 2.80. The van der Waals surface area contributed by atoms with Crippen molar-refractivity contribution in [2.45, 2.75) is 20.3 Å². The molecule has 0 spiro atoms. The Bertz CT molecular complexity index is 526. The van der Waals surface area contributed by atoms with Crippen LogP contribution in [0.3, 0.4) is 0 Å². The Labute approximate surface area is 117 Å². The molecule has 0 aliphatic carbocycles. The minimum atomic E-state index is 0.304. The van der Waals surface area contributed by atoms with Crippen molar-refractivity contribution in [2.75, 3.05) is 30.8 Å². The molecule has 0 aliphatic heterocycles. The molecular formula is C13H20N4OS. The Kier molecular flexibility index (Phi) is 4.93. The Balaban J connectivity index is 1.83. The van der Waals surface area contributed by atoms with Gasteiger partial charge in [-0.15, -0.1) is 11.3 Å². The van der Waals surface area contributed by atoms with Gasteiger partial charge in [-0.3, -0.25) is 0 Å². The highest BCUT2D eigenvalue weighted by Gasteiger charge is 2.06. The van der Waals surface area contributed by atoms with Gasteiger partial charge in [0, 0.05) is 13.2 Å². The number of aromatic nitrogens is 2. The van der Waals surface area contributed by atoms with Gasteiger partial charge in [-0.2, -0.15) is 4.98 Å². The van der Waals surface area contributed by atoms with Crippen LogP contribution in [0.4, 0.5) is 11.8 Å². The summed E-state index contributed by atoms with van der Waals surface area (Å²) < 4.78 is 5.56. The topological polar surface area (TPSA) is 73.1 Å². The van der Waals surface area contributed by atoms with Crippen LogP contribution < -0.4 is 11.1 Å². The average molecular weight is 280 g/mol. The van der Waals surface area contributed by atoms with E-state index in [0.29, 0.717) is 18.5 Å². The van der Waals surface area contributed by atoms with Crippen molar-refractivity contribution in [2.24, 2.45) is 5.92 Å². The predicted octanol–water partition coefficient (Wildman–Crippen LogP) is 2.75. The number of nitrogens with two attached hydrogens (primary N) is 1. The molecule has 2 rings (SSSR count). The molecule has 3 N–H and O–H groups in total. The van der Waals surface area contributed by atoms with E-state index in [-0.39, 0.29) is 0 Å². The van der Waals surface area contributed by atoms with Crippen LogP contribution in [0.15, 0.2) is 11.4 Å². The van der Waals surface area contributed by atoms with Crippen molar-refractivity contribution in [3.63, 3.8) is 0 Å². The minimum absolute atomic E-state index is 0.304. The number of fused-ring (bicyclic) bond motifs is 1. The van der Waals surface area contributed by atoms with Crippen molar-refractivity contribution in [1.82, 2.24) is 9.97 Å². The molecule has 0 fully saturated rings. The molecule has 19 heavy (non-hydrogen) atoms. The maximum atomic E-state index is 5.68. The fourth-order valence-electron chi connectivity index (χ4n) is 1.67. The summed E-state index contributed by atoms with van der Waals surface area (Å²) in [5.41, 5.74) is 5.68. The molecule has 6 heteroatoms. The number of anilines is 2. The van der Waals surface area contributed by atoms with Crippen molar-refractivity contribution >= 4 is 33.3 Å². The van der Waals surface area contributed by atoms with Crippen molar-refractivity contribution in [3.05, 3.63) is 11.4 Å². The first kappa shape index (κ1) is 14.0. The van der Waals surface area contributed by atoms with Crippen LogP contribution in [-0.4, -0.2) is 29.7 Å². The maximum absolute atomic E-state index is 5.68. The first-order valence-corrected chi connectivity index (χ1v) is 7.37. The van der Waals surface area contributed by atoms with Gasteiger partial charge in [-0.05, 0) is 23.8 Å². The van der Waals surface area contributed by atoms with Crippen molar-refractivity contribution in [3.8, 4) is 0 Å². The summed E-state index contributed by atoms with van der Waals surface area (Å²) in [6.45, 7) is 6.58. The number of ether oxygens (including phenoxy) is 1. The first-order chi connectivity index (χ1) is 9.16. The van der Waals surface area contributed by atoms with Crippen LogP contribution >= 0.6 is 11.3 Å².